The first kappa shape index (κ1) is 39.0. The lowest BCUT2D eigenvalue weighted by Crippen LogP contribution is -2.45. The summed E-state index contributed by atoms with van der Waals surface area (Å²) in [6.07, 6.45) is 1.49. The van der Waals surface area contributed by atoms with Crippen LogP contribution in [0.1, 0.15) is 52.8 Å². The maximum Gasteiger partial charge on any atom is 0.242 e. The standard InChI is InChI=1S/C43H48N4O6S/c1-30-15-21-38(22-16-30)54(50,51)46-39(26-32-10-5-4-6-11-32)42(49)45-37-14-9-12-35(27-37)43-52-40(28-47(3)25-23-36-13-7-8-24-44-36)31(2)41(53-43)34-19-17-33(29-48)18-20-34/h4-22,24,27,31,39-41,43,46,48H,23,25-26,28-29H2,1-3H3,(H,45,49)/t31-,39+,40+,41+,43?/m0/s1. The Morgan fingerprint density at radius 3 is 2.31 bits per heavy atom. The average molecular weight is 749 g/mol. The molecular formula is C43H48N4O6S. The largest absolute Gasteiger partial charge is 0.392 e. The van der Waals surface area contributed by atoms with E-state index in [2.05, 4.69) is 33.9 Å². The van der Waals surface area contributed by atoms with Crippen LogP contribution in [0, 0.1) is 12.8 Å². The maximum absolute atomic E-state index is 13.9. The highest BCUT2D eigenvalue weighted by Crippen LogP contribution is 2.42. The Balaban J connectivity index is 1.22. The van der Waals surface area contributed by atoms with Crippen molar-refractivity contribution < 1.29 is 27.8 Å². The highest BCUT2D eigenvalue weighted by atomic mass is 32.2. The van der Waals surface area contributed by atoms with E-state index in [0.717, 1.165) is 40.9 Å². The quantitative estimate of drug-likeness (QED) is 0.113. The molecule has 0 saturated carbocycles. The number of aryl methyl sites for hydroxylation is 1. The number of likely N-dealkylation sites (N-methyl/N-ethyl adjacent to an activating group) is 1. The van der Waals surface area contributed by atoms with Gasteiger partial charge in [0.05, 0.1) is 23.7 Å². The Morgan fingerprint density at radius 1 is 0.870 bits per heavy atom. The van der Waals surface area contributed by atoms with Crippen molar-refractivity contribution in [1.29, 1.82) is 0 Å². The molecule has 282 valence electrons. The van der Waals surface area contributed by atoms with E-state index < -0.39 is 28.3 Å². The number of aromatic nitrogens is 1. The van der Waals surface area contributed by atoms with E-state index in [9.17, 15) is 18.3 Å². The zero-order valence-electron chi connectivity index (χ0n) is 30.8. The molecule has 2 heterocycles. The third-order valence-corrected chi connectivity index (χ3v) is 11.2. The number of anilines is 1. The molecule has 0 radical (unpaired) electrons. The van der Waals surface area contributed by atoms with Gasteiger partial charge in [-0.1, -0.05) is 97.4 Å². The second-order valence-electron chi connectivity index (χ2n) is 13.9. The minimum atomic E-state index is -4.01. The molecule has 0 aliphatic carbocycles. The number of ether oxygens (including phenoxy) is 2. The van der Waals surface area contributed by atoms with Crippen molar-refractivity contribution in [3.05, 3.63) is 161 Å². The predicted octanol–water partition coefficient (Wildman–Crippen LogP) is 6.38. The number of aliphatic hydroxyl groups excluding tert-OH is 1. The van der Waals surface area contributed by atoms with Gasteiger partial charge < -0.3 is 24.8 Å². The number of nitrogens with zero attached hydrogens (tertiary/aromatic N) is 2. The van der Waals surface area contributed by atoms with Crippen LogP contribution in [0.15, 0.2) is 132 Å². The minimum Gasteiger partial charge on any atom is -0.392 e. The van der Waals surface area contributed by atoms with Crippen molar-refractivity contribution in [2.24, 2.45) is 5.92 Å². The van der Waals surface area contributed by atoms with Gasteiger partial charge in [-0.2, -0.15) is 4.72 Å². The summed E-state index contributed by atoms with van der Waals surface area (Å²) in [7, 11) is -1.94. The van der Waals surface area contributed by atoms with E-state index in [-0.39, 0.29) is 36.0 Å². The van der Waals surface area contributed by atoms with E-state index >= 15 is 0 Å². The minimum absolute atomic E-state index is 0.0123. The fraction of sp³-hybridized carbons (Fsp3) is 0.302. The van der Waals surface area contributed by atoms with Crippen LogP contribution in [0.3, 0.4) is 0 Å². The van der Waals surface area contributed by atoms with Gasteiger partial charge in [0.25, 0.3) is 0 Å². The summed E-state index contributed by atoms with van der Waals surface area (Å²) in [6.45, 7) is 5.41. The molecular weight excluding hydrogens is 701 g/mol. The van der Waals surface area contributed by atoms with Crippen LogP contribution in [0.2, 0.25) is 0 Å². The molecule has 0 bridgehead atoms. The molecule has 1 saturated heterocycles. The normalized spacial score (nSPS) is 19.4. The van der Waals surface area contributed by atoms with Crippen LogP contribution < -0.4 is 10.0 Å². The summed E-state index contributed by atoms with van der Waals surface area (Å²) in [5.74, 6) is -0.512. The van der Waals surface area contributed by atoms with E-state index in [0.29, 0.717) is 17.8 Å². The zero-order chi connectivity index (χ0) is 38.1. The monoisotopic (exact) mass is 748 g/mol. The summed E-state index contributed by atoms with van der Waals surface area (Å²) in [4.78, 5) is 20.7. The van der Waals surface area contributed by atoms with Crippen LogP contribution in [0.4, 0.5) is 5.69 Å². The van der Waals surface area contributed by atoms with Gasteiger partial charge in [-0.15, -0.1) is 0 Å². The molecule has 4 aromatic carbocycles. The number of sulfonamides is 1. The molecule has 1 fully saturated rings. The van der Waals surface area contributed by atoms with Crippen molar-refractivity contribution in [3.8, 4) is 0 Å². The van der Waals surface area contributed by atoms with Gasteiger partial charge in [0.15, 0.2) is 6.29 Å². The third kappa shape index (κ3) is 10.3. The molecule has 1 unspecified atom stereocenters. The number of carbonyl (C=O) groups excluding carboxylic acids is 1. The van der Waals surface area contributed by atoms with Gasteiger partial charge in [0, 0.05) is 48.6 Å². The van der Waals surface area contributed by atoms with Gasteiger partial charge in [-0.25, -0.2) is 8.42 Å². The van der Waals surface area contributed by atoms with Crippen molar-refractivity contribution in [1.82, 2.24) is 14.6 Å². The van der Waals surface area contributed by atoms with Crippen LogP contribution in [-0.2, 0) is 43.7 Å². The molecule has 54 heavy (non-hydrogen) atoms. The number of benzene rings is 4. The van der Waals surface area contributed by atoms with E-state index in [1.807, 2.05) is 91.9 Å². The second-order valence-corrected chi connectivity index (χ2v) is 15.7. The first-order valence-corrected chi connectivity index (χ1v) is 19.7. The van der Waals surface area contributed by atoms with Gasteiger partial charge >= 0.3 is 0 Å². The molecule has 3 N–H and O–H groups in total. The SMILES string of the molecule is Cc1ccc(S(=O)(=O)N[C@H](Cc2ccccc2)C(=O)Nc2cccc(C3O[C@H](CN(C)CCc4ccccn4)[C@H](C)[C@H](c4ccc(CO)cc4)O3)c2)cc1. The topological polar surface area (TPSA) is 130 Å². The molecule has 1 aromatic heterocycles. The first-order chi connectivity index (χ1) is 26.1. The van der Waals surface area contributed by atoms with Gasteiger partial charge in [0.1, 0.15) is 6.04 Å². The smallest absolute Gasteiger partial charge is 0.242 e. The number of amides is 1. The predicted molar refractivity (Wildman–Crippen MR) is 209 cm³/mol. The number of nitrogens with one attached hydrogen (secondary N) is 2. The number of rotatable bonds is 15. The fourth-order valence-electron chi connectivity index (χ4n) is 6.58. The molecule has 6 rings (SSSR count). The van der Waals surface area contributed by atoms with Crippen molar-refractivity contribution in [2.45, 2.75) is 62.7 Å². The van der Waals surface area contributed by atoms with Crippen molar-refractivity contribution in [3.63, 3.8) is 0 Å². The van der Waals surface area contributed by atoms with Gasteiger partial charge in [-0.3, -0.25) is 9.78 Å². The van der Waals surface area contributed by atoms with E-state index in [1.54, 1.807) is 30.5 Å². The van der Waals surface area contributed by atoms with E-state index in [1.165, 1.54) is 12.1 Å². The number of pyridine rings is 1. The van der Waals surface area contributed by atoms with Crippen LogP contribution in [0.25, 0.3) is 0 Å². The highest BCUT2D eigenvalue weighted by molar-refractivity contribution is 7.89. The highest BCUT2D eigenvalue weighted by Gasteiger charge is 2.39. The molecule has 1 amide bonds. The first-order valence-electron chi connectivity index (χ1n) is 18.2. The fourth-order valence-corrected chi connectivity index (χ4v) is 7.78. The number of carbonyl (C=O) groups is 1. The Hall–Kier alpha value is -4.75. The number of aliphatic hydroxyl groups is 1. The number of hydrogen-bond donors (Lipinski definition) is 3. The lowest BCUT2D eigenvalue weighted by Gasteiger charge is -2.42. The molecule has 1 aliphatic rings. The summed E-state index contributed by atoms with van der Waals surface area (Å²) >= 11 is 0. The van der Waals surface area contributed by atoms with E-state index in [4.69, 9.17) is 9.47 Å². The van der Waals surface area contributed by atoms with Gasteiger partial charge in [0.2, 0.25) is 15.9 Å². The Kier molecular flexibility index (Phi) is 13.0. The van der Waals surface area contributed by atoms with Crippen LogP contribution in [0.5, 0.6) is 0 Å². The molecule has 0 spiro atoms. The van der Waals surface area contributed by atoms with Crippen LogP contribution in [-0.4, -0.2) is 61.6 Å². The van der Waals surface area contributed by atoms with Gasteiger partial charge in [-0.05, 0) is 73.5 Å². The van der Waals surface area contributed by atoms with Crippen molar-refractivity contribution in [2.75, 3.05) is 25.5 Å². The molecule has 10 nitrogen and oxygen atoms in total. The molecule has 5 aromatic rings. The molecule has 5 atom stereocenters. The molecule has 1 aliphatic heterocycles. The van der Waals surface area contributed by atoms with Crippen LogP contribution >= 0.6 is 0 Å². The number of hydrogen-bond acceptors (Lipinski definition) is 8. The summed E-state index contributed by atoms with van der Waals surface area (Å²) in [5, 5.41) is 12.6. The summed E-state index contributed by atoms with van der Waals surface area (Å²) < 4.78 is 42.9. The summed E-state index contributed by atoms with van der Waals surface area (Å²) in [5.41, 5.74) is 5.74. The Labute approximate surface area is 318 Å². The van der Waals surface area contributed by atoms with Crippen molar-refractivity contribution >= 4 is 21.6 Å². The lowest BCUT2D eigenvalue weighted by atomic mass is 9.90. The summed E-state index contributed by atoms with van der Waals surface area (Å²) in [6, 6.07) is 35.7. The lowest BCUT2D eigenvalue weighted by molar-refractivity contribution is -0.275. The second kappa shape index (κ2) is 18.1. The Morgan fingerprint density at radius 2 is 1.61 bits per heavy atom. The zero-order valence-corrected chi connectivity index (χ0v) is 31.7. The molecule has 11 heteroatoms. The third-order valence-electron chi connectivity index (χ3n) is 9.74. The maximum atomic E-state index is 13.9. The Bertz CT molecular complexity index is 2070. The average Bonchev–Trinajstić information content (AvgIpc) is 3.18.